The minimum Gasteiger partial charge on any atom is -0.508 e. The standard InChI is InChI=1S/C11H16ClNO3/c1-11(16,7-14)6-13-5-8-9(12)3-2-4-10(8)15/h2-4,13-16H,5-7H2,1H3. The molecule has 0 saturated carbocycles. The first-order valence-electron chi connectivity index (χ1n) is 4.96. The summed E-state index contributed by atoms with van der Waals surface area (Å²) in [4.78, 5) is 0. The number of rotatable bonds is 5. The normalized spacial score (nSPS) is 14.8. The average molecular weight is 246 g/mol. The zero-order chi connectivity index (χ0) is 12.2. The molecule has 0 spiro atoms. The van der Waals surface area contributed by atoms with Crippen LogP contribution < -0.4 is 5.32 Å². The van der Waals surface area contributed by atoms with E-state index in [2.05, 4.69) is 5.32 Å². The summed E-state index contributed by atoms with van der Waals surface area (Å²) < 4.78 is 0. The van der Waals surface area contributed by atoms with Crippen LogP contribution in [0, 0.1) is 0 Å². The number of aliphatic hydroxyl groups is 2. The molecule has 0 fully saturated rings. The second kappa shape index (κ2) is 5.50. The highest BCUT2D eigenvalue weighted by molar-refractivity contribution is 6.31. The van der Waals surface area contributed by atoms with Crippen LogP contribution >= 0.6 is 11.6 Å². The van der Waals surface area contributed by atoms with E-state index in [-0.39, 0.29) is 18.9 Å². The SMILES string of the molecule is CC(O)(CO)CNCc1c(O)cccc1Cl. The number of benzene rings is 1. The van der Waals surface area contributed by atoms with Gasteiger partial charge >= 0.3 is 0 Å². The molecule has 4 N–H and O–H groups in total. The minimum absolute atomic E-state index is 0.114. The summed E-state index contributed by atoms with van der Waals surface area (Å²) in [5, 5.41) is 31.3. The van der Waals surface area contributed by atoms with Crippen molar-refractivity contribution in [1.29, 1.82) is 0 Å². The van der Waals surface area contributed by atoms with E-state index >= 15 is 0 Å². The van der Waals surface area contributed by atoms with Crippen molar-refractivity contribution >= 4 is 11.6 Å². The zero-order valence-electron chi connectivity index (χ0n) is 9.07. The Labute approximate surface area is 99.5 Å². The van der Waals surface area contributed by atoms with Crippen molar-refractivity contribution in [3.05, 3.63) is 28.8 Å². The summed E-state index contributed by atoms with van der Waals surface area (Å²) in [6.07, 6.45) is 0. The van der Waals surface area contributed by atoms with Gasteiger partial charge in [0.15, 0.2) is 0 Å². The third-order valence-corrected chi connectivity index (χ3v) is 2.60. The van der Waals surface area contributed by atoms with Crippen molar-refractivity contribution in [1.82, 2.24) is 5.32 Å². The van der Waals surface area contributed by atoms with Crippen molar-refractivity contribution < 1.29 is 15.3 Å². The predicted molar refractivity (Wildman–Crippen MR) is 62.5 cm³/mol. The van der Waals surface area contributed by atoms with Gasteiger partial charge in [-0.2, -0.15) is 0 Å². The van der Waals surface area contributed by atoms with Crippen LogP contribution in [0.4, 0.5) is 0 Å². The third-order valence-electron chi connectivity index (χ3n) is 2.24. The highest BCUT2D eigenvalue weighted by Gasteiger charge is 2.18. The van der Waals surface area contributed by atoms with E-state index in [0.717, 1.165) is 0 Å². The highest BCUT2D eigenvalue weighted by Crippen LogP contribution is 2.24. The number of hydrogen-bond acceptors (Lipinski definition) is 4. The fraction of sp³-hybridized carbons (Fsp3) is 0.455. The zero-order valence-corrected chi connectivity index (χ0v) is 9.83. The van der Waals surface area contributed by atoms with E-state index in [4.69, 9.17) is 16.7 Å². The maximum Gasteiger partial charge on any atom is 0.121 e. The monoisotopic (exact) mass is 245 g/mol. The molecule has 0 heterocycles. The fourth-order valence-electron chi connectivity index (χ4n) is 1.23. The molecule has 0 aliphatic heterocycles. The maximum absolute atomic E-state index is 9.54. The Hall–Kier alpha value is -0.810. The summed E-state index contributed by atoms with van der Waals surface area (Å²) >= 11 is 5.90. The predicted octanol–water partition coefficient (Wildman–Crippen LogP) is 0.878. The van der Waals surface area contributed by atoms with E-state index in [0.29, 0.717) is 17.1 Å². The van der Waals surface area contributed by atoms with Gasteiger partial charge in [0.25, 0.3) is 0 Å². The van der Waals surface area contributed by atoms with Crippen molar-refractivity contribution in [3.8, 4) is 5.75 Å². The lowest BCUT2D eigenvalue weighted by Crippen LogP contribution is -2.40. The van der Waals surface area contributed by atoms with E-state index in [1.54, 1.807) is 18.2 Å². The lowest BCUT2D eigenvalue weighted by Gasteiger charge is -2.21. The lowest BCUT2D eigenvalue weighted by atomic mass is 10.1. The highest BCUT2D eigenvalue weighted by atomic mass is 35.5. The number of phenolic OH excluding ortho intramolecular Hbond substituents is 1. The number of aliphatic hydroxyl groups excluding tert-OH is 1. The number of aromatic hydroxyl groups is 1. The van der Waals surface area contributed by atoms with Crippen LogP contribution in [0.1, 0.15) is 12.5 Å². The summed E-state index contributed by atoms with van der Waals surface area (Å²) in [7, 11) is 0. The van der Waals surface area contributed by atoms with Gasteiger partial charge in [0.1, 0.15) is 5.75 Å². The Morgan fingerprint density at radius 1 is 1.44 bits per heavy atom. The Morgan fingerprint density at radius 2 is 2.12 bits per heavy atom. The van der Waals surface area contributed by atoms with Gasteiger partial charge in [-0.05, 0) is 19.1 Å². The van der Waals surface area contributed by atoms with Gasteiger partial charge in [-0.1, -0.05) is 17.7 Å². The van der Waals surface area contributed by atoms with Gasteiger partial charge in [-0.25, -0.2) is 0 Å². The molecule has 0 amide bonds. The van der Waals surface area contributed by atoms with Gasteiger partial charge in [0.05, 0.1) is 12.2 Å². The lowest BCUT2D eigenvalue weighted by molar-refractivity contribution is 0.00251. The molecule has 1 unspecified atom stereocenters. The van der Waals surface area contributed by atoms with Gasteiger partial charge in [-0.3, -0.25) is 0 Å². The Bertz CT molecular complexity index is 335. The Morgan fingerprint density at radius 3 is 2.69 bits per heavy atom. The quantitative estimate of drug-likeness (QED) is 0.622. The molecule has 1 atom stereocenters. The summed E-state index contributed by atoms with van der Waals surface area (Å²) in [5.41, 5.74) is -0.588. The topological polar surface area (TPSA) is 72.7 Å². The van der Waals surface area contributed by atoms with Crippen LogP contribution in [-0.2, 0) is 6.54 Å². The molecular weight excluding hydrogens is 230 g/mol. The summed E-state index contributed by atoms with van der Waals surface area (Å²) in [5.74, 6) is 0.114. The largest absolute Gasteiger partial charge is 0.508 e. The van der Waals surface area contributed by atoms with E-state index < -0.39 is 5.60 Å². The second-order valence-corrected chi connectivity index (χ2v) is 4.40. The van der Waals surface area contributed by atoms with Crippen LogP contribution in [-0.4, -0.2) is 34.1 Å². The molecule has 0 bridgehead atoms. The second-order valence-electron chi connectivity index (χ2n) is 4.00. The molecule has 0 aliphatic carbocycles. The molecule has 0 aromatic heterocycles. The Kier molecular flexibility index (Phi) is 4.56. The maximum atomic E-state index is 9.54. The van der Waals surface area contributed by atoms with Crippen LogP contribution in [0.15, 0.2) is 18.2 Å². The minimum atomic E-state index is -1.17. The van der Waals surface area contributed by atoms with E-state index in [9.17, 15) is 10.2 Å². The van der Waals surface area contributed by atoms with E-state index in [1.807, 2.05) is 0 Å². The molecule has 1 rings (SSSR count). The van der Waals surface area contributed by atoms with E-state index in [1.165, 1.54) is 6.92 Å². The molecule has 0 saturated heterocycles. The molecule has 1 aromatic carbocycles. The average Bonchev–Trinajstić information content (AvgIpc) is 2.22. The van der Waals surface area contributed by atoms with Gasteiger partial charge in [-0.15, -0.1) is 0 Å². The first-order valence-corrected chi connectivity index (χ1v) is 5.34. The van der Waals surface area contributed by atoms with Crippen LogP contribution in [0.5, 0.6) is 5.75 Å². The smallest absolute Gasteiger partial charge is 0.121 e. The van der Waals surface area contributed by atoms with Crippen LogP contribution in [0.2, 0.25) is 5.02 Å². The molecule has 1 aromatic rings. The van der Waals surface area contributed by atoms with Crippen LogP contribution in [0.25, 0.3) is 0 Å². The Balaban J connectivity index is 2.56. The number of hydrogen-bond donors (Lipinski definition) is 4. The molecule has 16 heavy (non-hydrogen) atoms. The first kappa shape index (κ1) is 13.3. The number of phenols is 1. The van der Waals surface area contributed by atoms with Gasteiger partial charge in [0.2, 0.25) is 0 Å². The van der Waals surface area contributed by atoms with Crippen molar-refractivity contribution in [2.24, 2.45) is 0 Å². The first-order chi connectivity index (χ1) is 7.46. The molecule has 5 heteroatoms. The summed E-state index contributed by atoms with van der Waals surface area (Å²) in [6.45, 7) is 1.75. The van der Waals surface area contributed by atoms with Crippen molar-refractivity contribution in [2.45, 2.75) is 19.1 Å². The molecular formula is C11H16ClNO3. The number of nitrogens with one attached hydrogen (secondary N) is 1. The molecule has 0 aliphatic rings. The number of halogens is 1. The van der Waals surface area contributed by atoms with Crippen molar-refractivity contribution in [2.75, 3.05) is 13.2 Å². The molecule has 90 valence electrons. The van der Waals surface area contributed by atoms with Crippen LogP contribution in [0.3, 0.4) is 0 Å². The van der Waals surface area contributed by atoms with Gasteiger partial charge in [0, 0.05) is 23.7 Å². The third kappa shape index (κ3) is 3.64. The molecule has 0 radical (unpaired) electrons. The van der Waals surface area contributed by atoms with Crippen molar-refractivity contribution in [3.63, 3.8) is 0 Å². The van der Waals surface area contributed by atoms with Gasteiger partial charge < -0.3 is 20.6 Å². The molecule has 4 nitrogen and oxygen atoms in total. The fourth-order valence-corrected chi connectivity index (χ4v) is 1.47. The summed E-state index contributed by atoms with van der Waals surface area (Å²) in [6, 6.07) is 4.89.